The number of amides is 9. The minimum atomic E-state index is -1.33. The van der Waals surface area contributed by atoms with Crippen LogP contribution in [0.1, 0.15) is 78.1 Å². The van der Waals surface area contributed by atoms with Crippen molar-refractivity contribution in [2.75, 3.05) is 13.1 Å². The standard InChI is InChI=1S/C39H66N18O9/c1-19(41)31(59)51-22(4)33(61)54-26(9-6-7-11-40)36(64)57-28(13-24-15-45-17-48-24)37(65)53-21(3)32(60)52-23(5)34(62)56-29(14-25-16-46-18-49-25)38(66)55-27(10-8-12-47-39(43)44)35(63)50-20(2)30(42)58/h15-23,26-29H,6-14,40-41H2,1-5H3,(H2,42,58)(H,45,48)(H,46,49)(H,50,63)(H,51,59)(H,52,60)(H,53,65)(H,54,61)(H,55,66)(H,56,62)(H,57,64)(H4,43,44,47)/t19-,20-,21-,22-,23-,26-,27-,28-,29-/m0/s1. The number of carbonyl (C=O) groups is 9. The van der Waals surface area contributed by atoms with Gasteiger partial charge in [-0.3, -0.25) is 48.1 Å². The van der Waals surface area contributed by atoms with Crippen molar-refractivity contribution < 1.29 is 43.2 Å². The highest BCUT2D eigenvalue weighted by Gasteiger charge is 2.33. The van der Waals surface area contributed by atoms with Gasteiger partial charge >= 0.3 is 0 Å². The molecule has 0 radical (unpaired) electrons. The topological polar surface area (TPSA) is 450 Å². The Morgan fingerprint density at radius 1 is 0.530 bits per heavy atom. The molecule has 2 rings (SSSR count). The molecule has 0 saturated heterocycles. The number of hydrogen-bond donors (Lipinski definition) is 15. The van der Waals surface area contributed by atoms with Crippen molar-refractivity contribution >= 4 is 59.1 Å². The number of guanidine groups is 1. The molecule has 2 aromatic rings. The lowest BCUT2D eigenvalue weighted by Crippen LogP contribution is -2.60. The number of carbonyl (C=O) groups excluding carboxylic acids is 9. The van der Waals surface area contributed by atoms with E-state index in [1.54, 1.807) is 0 Å². The third-order valence-electron chi connectivity index (χ3n) is 9.84. The van der Waals surface area contributed by atoms with Gasteiger partial charge in [-0.05, 0) is 73.3 Å². The summed E-state index contributed by atoms with van der Waals surface area (Å²) >= 11 is 0. The van der Waals surface area contributed by atoms with Gasteiger partial charge < -0.3 is 81.2 Å². The number of unbranched alkanes of at least 4 members (excludes halogenated alkanes) is 1. The Hall–Kier alpha value is -7.16. The van der Waals surface area contributed by atoms with Crippen LogP contribution in [0.5, 0.6) is 0 Å². The predicted octanol–water partition coefficient (Wildman–Crippen LogP) is -6.11. The van der Waals surface area contributed by atoms with Crippen molar-refractivity contribution in [1.82, 2.24) is 62.5 Å². The summed E-state index contributed by atoms with van der Waals surface area (Å²) in [4.78, 5) is 136. The van der Waals surface area contributed by atoms with Crippen LogP contribution in [0.25, 0.3) is 0 Å². The van der Waals surface area contributed by atoms with Gasteiger partial charge in [0.05, 0.1) is 18.7 Å². The van der Waals surface area contributed by atoms with E-state index in [2.05, 4.69) is 67.5 Å². The average molecular weight is 931 g/mol. The maximum atomic E-state index is 13.7. The number of imidazole rings is 2. The number of aromatic nitrogens is 4. The zero-order valence-corrected chi connectivity index (χ0v) is 37.8. The second kappa shape index (κ2) is 27.9. The number of aromatic amines is 2. The van der Waals surface area contributed by atoms with Crippen molar-refractivity contribution in [2.24, 2.45) is 33.7 Å². The summed E-state index contributed by atoms with van der Waals surface area (Å²) < 4.78 is 0. The van der Waals surface area contributed by atoms with E-state index >= 15 is 0 Å². The molecule has 27 heteroatoms. The highest BCUT2D eigenvalue weighted by Crippen LogP contribution is 2.07. The molecule has 0 saturated carbocycles. The molecular weight excluding hydrogens is 865 g/mol. The first-order chi connectivity index (χ1) is 31.1. The molecule has 2 aromatic heterocycles. The SMILES string of the molecule is C[C@H](N)C(=O)N[C@@H](C)C(=O)N[C@@H](CCCCN)C(=O)N[C@@H](Cc1cnc[nH]1)C(=O)N[C@@H](C)C(=O)N[C@@H](C)C(=O)N[C@@H](Cc1cnc[nH]1)C(=O)N[C@@H](CCCN=C(N)N)C(=O)N[C@@H](C)C(N)=O. The first kappa shape index (κ1) is 55.0. The number of nitrogens with one attached hydrogen (secondary N) is 10. The van der Waals surface area contributed by atoms with Crippen LogP contribution in [0.2, 0.25) is 0 Å². The molecule has 0 spiro atoms. The summed E-state index contributed by atoms with van der Waals surface area (Å²) in [6.07, 6.45) is 6.68. The third-order valence-corrected chi connectivity index (χ3v) is 9.84. The van der Waals surface area contributed by atoms with Crippen LogP contribution in [-0.4, -0.2) is 147 Å². The van der Waals surface area contributed by atoms with E-state index in [4.69, 9.17) is 28.7 Å². The van der Waals surface area contributed by atoms with Crippen LogP contribution in [0, 0.1) is 0 Å². The molecule has 0 aliphatic heterocycles. The first-order valence-electron chi connectivity index (χ1n) is 21.3. The normalized spacial score (nSPS) is 15.0. The van der Waals surface area contributed by atoms with Crippen molar-refractivity contribution in [1.29, 1.82) is 0 Å². The second-order valence-electron chi connectivity index (χ2n) is 15.7. The largest absolute Gasteiger partial charge is 0.370 e. The van der Waals surface area contributed by atoms with Crippen LogP contribution in [0.15, 0.2) is 30.0 Å². The summed E-state index contributed by atoms with van der Waals surface area (Å²) in [7, 11) is 0. The van der Waals surface area contributed by atoms with Gasteiger partial charge in [-0.2, -0.15) is 0 Å². The van der Waals surface area contributed by atoms with Crippen LogP contribution in [0.4, 0.5) is 0 Å². The van der Waals surface area contributed by atoms with E-state index in [-0.39, 0.29) is 44.6 Å². The fourth-order valence-corrected chi connectivity index (χ4v) is 5.90. The minimum absolute atomic E-state index is 0.0220. The highest BCUT2D eigenvalue weighted by molar-refractivity contribution is 5.98. The lowest BCUT2D eigenvalue weighted by molar-refractivity contribution is -0.135. The highest BCUT2D eigenvalue weighted by atomic mass is 16.2. The molecule has 0 fully saturated rings. The zero-order valence-electron chi connectivity index (χ0n) is 37.8. The van der Waals surface area contributed by atoms with Gasteiger partial charge in [0.2, 0.25) is 53.2 Å². The Balaban J connectivity index is 2.21. The lowest BCUT2D eigenvalue weighted by atomic mass is 10.1. The Morgan fingerprint density at radius 3 is 1.36 bits per heavy atom. The summed E-state index contributed by atoms with van der Waals surface area (Å²) in [6, 6.07) is -10.6. The number of nitrogens with zero attached hydrogens (tertiary/aromatic N) is 3. The zero-order chi connectivity index (χ0) is 49.5. The fraction of sp³-hybridized carbons (Fsp3) is 0.590. The quantitative estimate of drug-likeness (QED) is 0.0205. The first-order valence-corrected chi connectivity index (χ1v) is 21.3. The number of rotatable bonds is 29. The van der Waals surface area contributed by atoms with E-state index in [0.29, 0.717) is 30.8 Å². The van der Waals surface area contributed by atoms with Crippen molar-refractivity contribution in [3.8, 4) is 0 Å². The predicted molar refractivity (Wildman–Crippen MR) is 238 cm³/mol. The molecular formula is C39H66N18O9. The number of H-pyrrole nitrogens is 2. The molecule has 0 aromatic carbocycles. The van der Waals surface area contributed by atoms with Gasteiger partial charge in [0.25, 0.3) is 0 Å². The summed E-state index contributed by atoms with van der Waals surface area (Å²) in [6.45, 7) is 7.34. The summed E-state index contributed by atoms with van der Waals surface area (Å²) in [5.74, 6) is -6.98. The Bertz CT molecular complexity index is 1960. The smallest absolute Gasteiger partial charge is 0.243 e. The molecule has 66 heavy (non-hydrogen) atoms. The molecule has 0 aliphatic rings. The van der Waals surface area contributed by atoms with Crippen LogP contribution in [-0.2, 0) is 56.0 Å². The van der Waals surface area contributed by atoms with Gasteiger partial charge in [-0.15, -0.1) is 0 Å². The molecule has 9 amide bonds. The molecule has 366 valence electrons. The maximum Gasteiger partial charge on any atom is 0.243 e. The number of primary amides is 1. The van der Waals surface area contributed by atoms with Gasteiger partial charge in [0.15, 0.2) is 5.96 Å². The molecule has 27 nitrogen and oxygen atoms in total. The van der Waals surface area contributed by atoms with Crippen LogP contribution < -0.4 is 71.2 Å². The Labute approximate surface area is 381 Å². The van der Waals surface area contributed by atoms with Crippen LogP contribution in [0.3, 0.4) is 0 Å². The van der Waals surface area contributed by atoms with Crippen molar-refractivity contribution in [3.63, 3.8) is 0 Å². The number of hydrogen-bond acceptors (Lipinski definition) is 14. The molecule has 20 N–H and O–H groups in total. The molecule has 9 atom stereocenters. The second-order valence-corrected chi connectivity index (χ2v) is 15.7. The maximum absolute atomic E-state index is 13.7. The van der Waals surface area contributed by atoms with E-state index in [9.17, 15) is 43.2 Å². The molecule has 0 bridgehead atoms. The van der Waals surface area contributed by atoms with Gasteiger partial charge in [-0.25, -0.2) is 9.97 Å². The lowest BCUT2D eigenvalue weighted by Gasteiger charge is -2.26. The van der Waals surface area contributed by atoms with Crippen LogP contribution >= 0.6 is 0 Å². The van der Waals surface area contributed by atoms with E-state index in [0.717, 1.165) is 0 Å². The van der Waals surface area contributed by atoms with Crippen molar-refractivity contribution in [2.45, 2.75) is 134 Å². The fourth-order valence-electron chi connectivity index (χ4n) is 5.90. The number of nitrogens with two attached hydrogens (primary N) is 5. The average Bonchev–Trinajstić information content (AvgIpc) is 3.98. The molecule has 0 unspecified atom stereocenters. The van der Waals surface area contributed by atoms with Crippen molar-refractivity contribution in [3.05, 3.63) is 36.4 Å². The number of aliphatic imine (C=N–C) groups is 1. The monoisotopic (exact) mass is 931 g/mol. The molecule has 0 aliphatic carbocycles. The van der Waals surface area contributed by atoms with E-state index < -0.39 is 108 Å². The van der Waals surface area contributed by atoms with Gasteiger partial charge in [0.1, 0.15) is 48.3 Å². The van der Waals surface area contributed by atoms with Gasteiger partial charge in [0, 0.05) is 43.2 Å². The van der Waals surface area contributed by atoms with Gasteiger partial charge in [-0.1, -0.05) is 0 Å². The third kappa shape index (κ3) is 19.7. The Kier molecular flexibility index (Phi) is 23.2. The van der Waals surface area contributed by atoms with E-state index in [1.165, 1.54) is 59.7 Å². The minimum Gasteiger partial charge on any atom is -0.370 e. The summed E-state index contributed by atoms with van der Waals surface area (Å²) in [5, 5.41) is 20.3. The Morgan fingerprint density at radius 2 is 0.909 bits per heavy atom. The molecule has 2 heterocycles. The summed E-state index contributed by atoms with van der Waals surface area (Å²) in [5.41, 5.74) is 28.2. The van der Waals surface area contributed by atoms with E-state index in [1.807, 2.05) is 0 Å².